The predicted octanol–water partition coefficient (Wildman–Crippen LogP) is 3.08. The monoisotopic (exact) mass is 550 g/mol. The average Bonchev–Trinajstić information content (AvgIpc) is 2.91. The normalized spacial score (nSPS) is 19.0. The van der Waals surface area contributed by atoms with Crippen molar-refractivity contribution >= 4 is 23.6 Å². The third kappa shape index (κ3) is 4.72. The number of amides is 4. The van der Waals surface area contributed by atoms with Crippen molar-refractivity contribution in [3.8, 4) is 0 Å². The number of ketones is 1. The Labute approximate surface area is 229 Å². The van der Waals surface area contributed by atoms with Gasteiger partial charge in [0.1, 0.15) is 36.4 Å². The van der Waals surface area contributed by atoms with Crippen LogP contribution in [0.1, 0.15) is 25.0 Å². The number of likely N-dealkylation sites (N-methyl/N-ethyl adjacent to an activating group) is 1. The summed E-state index contributed by atoms with van der Waals surface area (Å²) < 4.78 is 33.5. The molecule has 1 aliphatic carbocycles. The first-order chi connectivity index (χ1) is 19.1. The number of Topliss-reactive ketones (excluding diaryl/α,β-unsaturated/α-hetero) is 1. The fraction of sp³-hybridized carbons (Fsp3) is 0.310. The van der Waals surface area contributed by atoms with Crippen molar-refractivity contribution in [3.63, 3.8) is 0 Å². The fourth-order valence-corrected chi connectivity index (χ4v) is 5.10. The number of ether oxygens (including phenoxy) is 1. The van der Waals surface area contributed by atoms with Crippen LogP contribution in [0, 0.1) is 17.6 Å². The summed E-state index contributed by atoms with van der Waals surface area (Å²) in [6, 6.07) is 11.3. The quantitative estimate of drug-likeness (QED) is 0.535. The van der Waals surface area contributed by atoms with Crippen LogP contribution in [0.25, 0.3) is 0 Å². The lowest BCUT2D eigenvalue weighted by Gasteiger charge is -2.48. The van der Waals surface area contributed by atoms with Gasteiger partial charge in [0, 0.05) is 37.8 Å². The first kappa shape index (κ1) is 27.0. The van der Waals surface area contributed by atoms with Crippen LogP contribution < -0.4 is 5.32 Å². The summed E-state index contributed by atoms with van der Waals surface area (Å²) >= 11 is 0. The maximum atomic E-state index is 14.2. The minimum absolute atomic E-state index is 0.0328. The van der Waals surface area contributed by atoms with E-state index >= 15 is 0 Å². The van der Waals surface area contributed by atoms with Crippen LogP contribution >= 0.6 is 0 Å². The van der Waals surface area contributed by atoms with Crippen LogP contribution in [-0.4, -0.2) is 64.6 Å². The van der Waals surface area contributed by atoms with Crippen LogP contribution in [-0.2, 0) is 32.3 Å². The molecule has 1 saturated heterocycles. The molecule has 9 nitrogen and oxygen atoms in total. The van der Waals surface area contributed by atoms with Gasteiger partial charge in [-0.15, -0.1) is 0 Å². The standard InChI is InChI=1S/C29H28F2N4O5/c1-16(2)34-15-35-24-20(13-33(3)29(35)39)22(27(37)32-12-18-9-10-19(30)11-21(18)31)25(36)26(23(24)28(34)38)40-14-17-7-5-4-6-8-17/h4-11,16,22H,12-15H2,1-3H3,(H,32,37). The van der Waals surface area contributed by atoms with Crippen molar-refractivity contribution in [1.29, 1.82) is 0 Å². The van der Waals surface area contributed by atoms with Crippen molar-refractivity contribution in [2.45, 2.75) is 33.0 Å². The van der Waals surface area contributed by atoms with Gasteiger partial charge in [-0.05, 0) is 31.1 Å². The van der Waals surface area contributed by atoms with Crippen LogP contribution in [0.4, 0.5) is 13.6 Å². The molecule has 2 heterocycles. The number of urea groups is 1. The van der Waals surface area contributed by atoms with E-state index in [1.807, 2.05) is 6.07 Å². The molecule has 1 atom stereocenters. The Morgan fingerprint density at radius 2 is 1.82 bits per heavy atom. The Kier molecular flexibility index (Phi) is 7.14. The van der Waals surface area contributed by atoms with Gasteiger partial charge in [0.25, 0.3) is 5.91 Å². The van der Waals surface area contributed by atoms with Gasteiger partial charge in [-0.25, -0.2) is 13.6 Å². The van der Waals surface area contributed by atoms with Gasteiger partial charge in [-0.2, -0.15) is 0 Å². The molecule has 2 aromatic carbocycles. The Hall–Kier alpha value is -4.54. The Morgan fingerprint density at radius 1 is 1.10 bits per heavy atom. The number of allylic oxidation sites excluding steroid dienone is 1. The molecule has 1 unspecified atom stereocenters. The summed E-state index contributed by atoms with van der Waals surface area (Å²) in [7, 11) is 1.54. The van der Waals surface area contributed by atoms with Gasteiger partial charge in [-0.1, -0.05) is 36.4 Å². The minimum Gasteiger partial charge on any atom is -0.484 e. The molecule has 5 rings (SSSR count). The lowest BCUT2D eigenvalue weighted by molar-refractivity contribution is -0.137. The van der Waals surface area contributed by atoms with Crippen LogP contribution in [0.5, 0.6) is 0 Å². The van der Waals surface area contributed by atoms with E-state index in [4.69, 9.17) is 4.74 Å². The molecule has 208 valence electrons. The van der Waals surface area contributed by atoms with E-state index in [0.717, 1.165) is 11.6 Å². The van der Waals surface area contributed by atoms with Gasteiger partial charge < -0.3 is 19.9 Å². The third-order valence-corrected chi connectivity index (χ3v) is 7.19. The molecule has 3 aliphatic rings. The molecule has 0 saturated carbocycles. The highest BCUT2D eigenvalue weighted by molar-refractivity contribution is 6.19. The molecular weight excluding hydrogens is 522 g/mol. The van der Waals surface area contributed by atoms with Gasteiger partial charge in [0.2, 0.25) is 11.7 Å². The molecule has 40 heavy (non-hydrogen) atoms. The summed E-state index contributed by atoms with van der Waals surface area (Å²) in [5, 5.41) is 2.56. The van der Waals surface area contributed by atoms with Gasteiger partial charge in [0.05, 0.1) is 5.70 Å². The second-order valence-corrected chi connectivity index (χ2v) is 10.2. The molecule has 2 aromatic rings. The molecule has 0 bridgehead atoms. The zero-order valence-electron chi connectivity index (χ0n) is 22.2. The third-order valence-electron chi connectivity index (χ3n) is 7.19. The highest BCUT2D eigenvalue weighted by Gasteiger charge is 2.52. The predicted molar refractivity (Wildman–Crippen MR) is 139 cm³/mol. The zero-order chi connectivity index (χ0) is 28.7. The van der Waals surface area contributed by atoms with Crippen LogP contribution in [0.15, 0.2) is 71.1 Å². The maximum Gasteiger partial charge on any atom is 0.326 e. The van der Waals surface area contributed by atoms with Gasteiger partial charge >= 0.3 is 6.03 Å². The molecule has 4 amide bonds. The Balaban J connectivity index is 1.57. The van der Waals surface area contributed by atoms with E-state index in [1.165, 1.54) is 20.8 Å². The van der Waals surface area contributed by atoms with Crippen molar-refractivity contribution in [3.05, 3.63) is 93.9 Å². The van der Waals surface area contributed by atoms with E-state index in [9.17, 15) is 28.0 Å². The summed E-state index contributed by atoms with van der Waals surface area (Å²) in [5.41, 5.74) is 1.19. The van der Waals surface area contributed by atoms with Crippen LogP contribution in [0.3, 0.4) is 0 Å². The molecule has 0 spiro atoms. The highest BCUT2D eigenvalue weighted by atomic mass is 19.1. The number of hydrogen-bond acceptors (Lipinski definition) is 5. The van der Waals surface area contributed by atoms with Crippen molar-refractivity contribution in [1.82, 2.24) is 20.0 Å². The fourth-order valence-electron chi connectivity index (χ4n) is 5.10. The van der Waals surface area contributed by atoms with E-state index < -0.39 is 41.2 Å². The zero-order valence-corrected chi connectivity index (χ0v) is 22.2. The molecular formula is C29H28F2N4O5. The maximum absolute atomic E-state index is 14.2. The number of nitrogens with one attached hydrogen (secondary N) is 1. The smallest absolute Gasteiger partial charge is 0.326 e. The Morgan fingerprint density at radius 3 is 2.50 bits per heavy atom. The van der Waals surface area contributed by atoms with Gasteiger partial charge in [-0.3, -0.25) is 19.3 Å². The molecule has 11 heteroatoms. The van der Waals surface area contributed by atoms with E-state index in [2.05, 4.69) is 5.32 Å². The highest BCUT2D eigenvalue weighted by Crippen LogP contribution is 2.42. The molecule has 1 fully saturated rings. The second kappa shape index (κ2) is 10.6. The van der Waals surface area contributed by atoms with Crippen molar-refractivity contribution < 1.29 is 32.7 Å². The second-order valence-electron chi connectivity index (χ2n) is 10.2. The number of carbonyl (C=O) groups excluding carboxylic acids is 4. The first-order valence-electron chi connectivity index (χ1n) is 12.8. The summed E-state index contributed by atoms with van der Waals surface area (Å²) in [4.78, 5) is 58.7. The molecule has 0 aromatic heterocycles. The van der Waals surface area contributed by atoms with E-state index in [-0.39, 0.29) is 60.6 Å². The summed E-state index contributed by atoms with van der Waals surface area (Å²) in [6.07, 6.45) is 0. The van der Waals surface area contributed by atoms with Gasteiger partial charge in [0.15, 0.2) is 5.76 Å². The SMILES string of the molecule is CC(C)N1CN2C(=O)N(C)CC3=C2C(=C(OCc2ccccc2)C(=O)C3C(=O)NCc2ccc(F)cc2F)C1=O. The summed E-state index contributed by atoms with van der Waals surface area (Å²) in [6.45, 7) is 3.12. The number of nitrogens with zero attached hydrogens (tertiary/aromatic N) is 3. The largest absolute Gasteiger partial charge is 0.484 e. The Bertz CT molecular complexity index is 1470. The topological polar surface area (TPSA) is 99.3 Å². The van der Waals surface area contributed by atoms with E-state index in [0.29, 0.717) is 6.07 Å². The lowest BCUT2D eigenvalue weighted by atomic mass is 9.80. The lowest BCUT2D eigenvalue weighted by Crippen LogP contribution is -2.61. The van der Waals surface area contributed by atoms with Crippen molar-refractivity contribution in [2.24, 2.45) is 5.92 Å². The van der Waals surface area contributed by atoms with E-state index in [1.54, 1.807) is 45.2 Å². The molecule has 1 N–H and O–H groups in total. The molecule has 2 aliphatic heterocycles. The average molecular weight is 551 g/mol. The number of rotatable bonds is 7. The number of halogens is 2. The number of hydrogen-bond donors (Lipinski definition) is 1. The van der Waals surface area contributed by atoms with Crippen molar-refractivity contribution in [2.75, 3.05) is 20.3 Å². The summed E-state index contributed by atoms with van der Waals surface area (Å²) in [5.74, 6) is -5.28. The van der Waals surface area contributed by atoms with Crippen LogP contribution in [0.2, 0.25) is 0 Å². The number of carbonyl (C=O) groups is 4. The number of benzene rings is 2. The molecule has 0 radical (unpaired) electrons. The minimum atomic E-state index is -1.43. The first-order valence-corrected chi connectivity index (χ1v) is 12.8.